The molecule has 0 fully saturated rings. The van der Waals surface area contributed by atoms with Crippen molar-refractivity contribution < 1.29 is 14.3 Å². The number of hydrogen-bond donors (Lipinski definition) is 0. The summed E-state index contributed by atoms with van der Waals surface area (Å²) in [5.41, 5.74) is 0.879. The summed E-state index contributed by atoms with van der Waals surface area (Å²) in [7, 11) is 0. The first-order chi connectivity index (χ1) is 16.2. The molecule has 0 atom stereocenters. The average Bonchev–Trinajstić information content (AvgIpc) is 2.84. The largest absolute Gasteiger partial charge is 0.462 e. The Labute approximate surface area is 203 Å². The summed E-state index contributed by atoms with van der Waals surface area (Å²) >= 11 is 0. The number of amides is 1. The Balaban J connectivity index is 2.75. The Morgan fingerprint density at radius 3 is 1.64 bits per heavy atom. The molecule has 4 heteroatoms. The minimum Gasteiger partial charge on any atom is -0.462 e. The zero-order valence-corrected chi connectivity index (χ0v) is 21.7. The van der Waals surface area contributed by atoms with Crippen molar-refractivity contribution in [1.29, 1.82) is 0 Å². The normalized spacial score (nSPS) is 10.9. The van der Waals surface area contributed by atoms with Gasteiger partial charge >= 0.3 is 5.97 Å². The van der Waals surface area contributed by atoms with Gasteiger partial charge in [-0.2, -0.15) is 0 Å². The molecule has 0 spiro atoms. The Kier molecular flexibility index (Phi) is 17.4. The lowest BCUT2D eigenvalue weighted by Gasteiger charge is -2.24. The number of carbonyl (C=O) groups excluding carboxylic acids is 2. The average molecular weight is 460 g/mol. The minimum absolute atomic E-state index is 0.0294. The van der Waals surface area contributed by atoms with Gasteiger partial charge < -0.3 is 9.64 Å². The topological polar surface area (TPSA) is 46.6 Å². The summed E-state index contributed by atoms with van der Waals surface area (Å²) in [5.74, 6) is -0.410. The molecule has 0 aliphatic rings. The number of unbranched alkanes of at least 4 members (excludes halogenated alkanes) is 12. The van der Waals surface area contributed by atoms with Gasteiger partial charge in [-0.15, -0.1) is 0 Å². The van der Waals surface area contributed by atoms with Crippen molar-refractivity contribution in [1.82, 2.24) is 4.90 Å². The highest BCUT2D eigenvalue weighted by Crippen LogP contribution is 2.16. The highest BCUT2D eigenvalue weighted by molar-refractivity contribution is 6.05. The lowest BCUT2D eigenvalue weighted by atomic mass is 10.0. The Morgan fingerprint density at radius 1 is 0.636 bits per heavy atom. The maximum Gasteiger partial charge on any atom is 0.338 e. The van der Waals surface area contributed by atoms with E-state index in [1.165, 1.54) is 51.4 Å². The van der Waals surface area contributed by atoms with Crippen LogP contribution in [0.5, 0.6) is 0 Å². The fourth-order valence-electron chi connectivity index (χ4n) is 4.09. The zero-order valence-electron chi connectivity index (χ0n) is 21.7. The van der Waals surface area contributed by atoms with Crippen LogP contribution in [0.1, 0.15) is 138 Å². The van der Waals surface area contributed by atoms with Crippen molar-refractivity contribution in [2.75, 3.05) is 19.7 Å². The highest BCUT2D eigenvalue weighted by atomic mass is 16.5. The molecule has 0 heterocycles. The van der Waals surface area contributed by atoms with Crippen LogP contribution in [0.4, 0.5) is 0 Å². The van der Waals surface area contributed by atoms with E-state index in [-0.39, 0.29) is 11.9 Å². The van der Waals surface area contributed by atoms with Gasteiger partial charge in [0.05, 0.1) is 17.7 Å². The molecule has 0 unspecified atom stereocenters. The molecule has 0 bridgehead atoms. The van der Waals surface area contributed by atoms with Gasteiger partial charge in [0.15, 0.2) is 0 Å². The number of benzene rings is 1. The first kappa shape index (κ1) is 29.2. The fraction of sp³-hybridized carbons (Fsp3) is 0.724. The second-order valence-electron chi connectivity index (χ2n) is 9.22. The molecule has 0 saturated carbocycles. The molecule has 1 rings (SSSR count). The third-order valence-electron chi connectivity index (χ3n) is 6.21. The number of nitrogens with zero attached hydrogens (tertiary/aromatic N) is 1. The number of esters is 1. The summed E-state index contributed by atoms with van der Waals surface area (Å²) in [6.45, 7) is 8.52. The van der Waals surface area contributed by atoms with Crippen LogP contribution < -0.4 is 0 Å². The van der Waals surface area contributed by atoms with Crippen LogP contribution in [0.3, 0.4) is 0 Å². The van der Waals surface area contributed by atoms with Crippen LogP contribution in [0, 0.1) is 0 Å². The molecule has 0 saturated heterocycles. The van der Waals surface area contributed by atoms with Crippen LogP contribution in [0.2, 0.25) is 0 Å². The van der Waals surface area contributed by atoms with Gasteiger partial charge in [0.1, 0.15) is 0 Å². The fourth-order valence-corrected chi connectivity index (χ4v) is 4.09. The van der Waals surface area contributed by atoms with E-state index in [0.717, 1.165) is 58.0 Å². The van der Waals surface area contributed by atoms with E-state index < -0.39 is 0 Å². The second kappa shape index (κ2) is 19.6. The third-order valence-corrected chi connectivity index (χ3v) is 6.21. The van der Waals surface area contributed by atoms with E-state index in [1.54, 1.807) is 12.1 Å². The lowest BCUT2D eigenvalue weighted by Crippen LogP contribution is -2.34. The van der Waals surface area contributed by atoms with Gasteiger partial charge in [-0.25, -0.2) is 4.79 Å². The van der Waals surface area contributed by atoms with Gasteiger partial charge in [-0.3, -0.25) is 4.79 Å². The zero-order chi connectivity index (χ0) is 24.2. The first-order valence-corrected chi connectivity index (χ1v) is 13.7. The molecule has 0 aliphatic carbocycles. The van der Waals surface area contributed by atoms with Crippen molar-refractivity contribution in [3.05, 3.63) is 35.4 Å². The predicted octanol–water partition coefficient (Wildman–Crippen LogP) is 8.20. The Morgan fingerprint density at radius 2 is 1.09 bits per heavy atom. The minimum atomic E-state index is -0.380. The van der Waals surface area contributed by atoms with Gasteiger partial charge in [0.25, 0.3) is 5.91 Å². The Bertz CT molecular complexity index is 628. The molecule has 0 aromatic heterocycles. The van der Waals surface area contributed by atoms with Gasteiger partial charge in [-0.05, 0) is 31.4 Å². The van der Waals surface area contributed by atoms with Crippen molar-refractivity contribution in [2.24, 2.45) is 0 Å². The molecule has 0 N–H and O–H groups in total. The molecule has 188 valence electrons. The summed E-state index contributed by atoms with van der Waals surface area (Å²) in [6, 6.07) is 7.16. The van der Waals surface area contributed by atoms with Crippen LogP contribution in [0.15, 0.2) is 24.3 Å². The number of rotatable bonds is 20. The van der Waals surface area contributed by atoms with Crippen molar-refractivity contribution in [3.8, 4) is 0 Å². The first-order valence-electron chi connectivity index (χ1n) is 13.7. The molecule has 1 aromatic carbocycles. The van der Waals surface area contributed by atoms with E-state index in [4.69, 9.17) is 4.74 Å². The van der Waals surface area contributed by atoms with Crippen molar-refractivity contribution >= 4 is 11.9 Å². The summed E-state index contributed by atoms with van der Waals surface area (Å²) in [6.07, 6.45) is 17.4. The maximum atomic E-state index is 13.5. The van der Waals surface area contributed by atoms with Gasteiger partial charge in [0, 0.05) is 13.1 Å². The molecule has 0 radical (unpaired) electrons. The van der Waals surface area contributed by atoms with E-state index in [2.05, 4.69) is 20.8 Å². The van der Waals surface area contributed by atoms with E-state index in [9.17, 15) is 9.59 Å². The molecule has 0 aliphatic heterocycles. The van der Waals surface area contributed by atoms with Gasteiger partial charge in [-0.1, -0.05) is 110 Å². The lowest BCUT2D eigenvalue weighted by molar-refractivity contribution is 0.0491. The number of ether oxygens (including phenoxy) is 1. The molecule has 1 amide bonds. The van der Waals surface area contributed by atoms with Crippen LogP contribution >= 0.6 is 0 Å². The monoisotopic (exact) mass is 459 g/mol. The van der Waals surface area contributed by atoms with E-state index in [0.29, 0.717) is 17.7 Å². The SMILES string of the molecule is CCCCCCCCN(CCCCCCCC)C(=O)c1ccccc1C(=O)OCCCCC. The summed E-state index contributed by atoms with van der Waals surface area (Å²) < 4.78 is 5.46. The van der Waals surface area contributed by atoms with Crippen molar-refractivity contribution in [2.45, 2.75) is 117 Å². The second-order valence-corrected chi connectivity index (χ2v) is 9.22. The molecule has 4 nitrogen and oxygen atoms in total. The Hall–Kier alpha value is -1.84. The van der Waals surface area contributed by atoms with Crippen LogP contribution in [-0.2, 0) is 4.74 Å². The predicted molar refractivity (Wildman–Crippen MR) is 139 cm³/mol. The molecule has 33 heavy (non-hydrogen) atoms. The highest BCUT2D eigenvalue weighted by Gasteiger charge is 2.22. The summed E-state index contributed by atoms with van der Waals surface area (Å²) in [5, 5.41) is 0. The number of carbonyl (C=O) groups is 2. The summed E-state index contributed by atoms with van der Waals surface area (Å²) in [4.78, 5) is 28.2. The quantitative estimate of drug-likeness (QED) is 0.146. The number of hydrogen-bond acceptors (Lipinski definition) is 3. The van der Waals surface area contributed by atoms with Crippen LogP contribution in [-0.4, -0.2) is 36.5 Å². The van der Waals surface area contributed by atoms with Gasteiger partial charge in [0.2, 0.25) is 0 Å². The smallest absolute Gasteiger partial charge is 0.338 e. The standard InChI is InChI=1S/C29H49NO3/c1-4-7-10-12-14-18-23-30(24-19-15-13-11-8-5-2)28(31)26-21-16-17-22-27(26)29(32)33-25-20-9-6-3/h16-17,21-22H,4-15,18-20,23-25H2,1-3H3. The van der Waals surface area contributed by atoms with E-state index >= 15 is 0 Å². The van der Waals surface area contributed by atoms with E-state index in [1.807, 2.05) is 17.0 Å². The third kappa shape index (κ3) is 12.8. The maximum absolute atomic E-state index is 13.5. The molecular formula is C29H49NO3. The van der Waals surface area contributed by atoms with Crippen molar-refractivity contribution in [3.63, 3.8) is 0 Å². The molecule has 1 aromatic rings. The molecular weight excluding hydrogens is 410 g/mol. The van der Waals surface area contributed by atoms with Crippen LogP contribution in [0.25, 0.3) is 0 Å².